The third kappa shape index (κ3) is 5.18. The van der Waals surface area contributed by atoms with E-state index in [1.165, 1.54) is 11.1 Å². The number of rotatable bonds is 5. The molecular weight excluding hydrogens is 522 g/mol. The second-order valence-electron chi connectivity index (χ2n) is 10.8. The molecule has 1 aliphatic carbocycles. The maximum absolute atomic E-state index is 6.76. The number of aliphatic imine (C=N–C) groups is 1. The molecule has 0 bridgehead atoms. The van der Waals surface area contributed by atoms with Gasteiger partial charge in [-0.3, -0.25) is 4.99 Å². The third-order valence-electron chi connectivity index (χ3n) is 8.06. The maximum atomic E-state index is 6.76. The van der Waals surface area contributed by atoms with E-state index in [2.05, 4.69) is 132 Å². The molecule has 6 aromatic rings. The van der Waals surface area contributed by atoms with Crippen LogP contribution in [0, 0.1) is 0 Å². The Labute approximate surface area is 252 Å². The standard InChI is InChI=1S/C40H31N3/c1-2-42-40-36-19-10-9-16-32(36)24-34-23-31(20-21-35(34)39(40)41)29-17-11-18-30(22-29)33-25-37(27-12-5-3-6-13-27)43-38(26-33)28-14-7-4-8-15-28/h2-23,25-26H,24,41H2,1H3. The summed E-state index contributed by atoms with van der Waals surface area (Å²) in [5.74, 6) is 0. The summed E-state index contributed by atoms with van der Waals surface area (Å²) in [6.07, 6.45) is 2.61. The molecule has 0 saturated carbocycles. The van der Waals surface area contributed by atoms with Gasteiger partial charge in [-0.1, -0.05) is 121 Å². The van der Waals surface area contributed by atoms with Crippen molar-refractivity contribution in [1.29, 1.82) is 0 Å². The van der Waals surface area contributed by atoms with Gasteiger partial charge in [0.15, 0.2) is 0 Å². The Morgan fingerprint density at radius 2 is 1.12 bits per heavy atom. The average Bonchev–Trinajstić information content (AvgIpc) is 3.19. The zero-order valence-corrected chi connectivity index (χ0v) is 24.0. The second kappa shape index (κ2) is 11.4. The van der Waals surface area contributed by atoms with Gasteiger partial charge in [-0.05, 0) is 64.9 Å². The van der Waals surface area contributed by atoms with Gasteiger partial charge in [0, 0.05) is 28.5 Å². The van der Waals surface area contributed by atoms with Crippen LogP contribution < -0.4 is 5.73 Å². The lowest BCUT2D eigenvalue weighted by Gasteiger charge is -2.13. The zero-order valence-electron chi connectivity index (χ0n) is 24.0. The molecule has 0 saturated heterocycles. The Bertz CT molecular complexity index is 1950. The van der Waals surface area contributed by atoms with Crippen LogP contribution in [0.5, 0.6) is 0 Å². The summed E-state index contributed by atoms with van der Waals surface area (Å²) in [5.41, 5.74) is 21.6. The average molecular weight is 554 g/mol. The predicted molar refractivity (Wildman–Crippen MR) is 180 cm³/mol. The summed E-state index contributed by atoms with van der Waals surface area (Å²) in [6, 6.07) is 48.9. The van der Waals surface area contributed by atoms with Gasteiger partial charge in [0.1, 0.15) is 0 Å². The van der Waals surface area contributed by atoms with Crippen LogP contribution in [0.1, 0.15) is 29.2 Å². The fourth-order valence-electron chi connectivity index (χ4n) is 5.92. The molecule has 3 nitrogen and oxygen atoms in total. The van der Waals surface area contributed by atoms with Crippen LogP contribution in [-0.4, -0.2) is 11.2 Å². The summed E-state index contributed by atoms with van der Waals surface area (Å²) >= 11 is 0. The smallest absolute Gasteiger partial charge is 0.0936 e. The number of aromatic nitrogens is 1. The van der Waals surface area contributed by atoms with Crippen LogP contribution in [0.25, 0.3) is 56.2 Å². The Hall–Kier alpha value is -5.54. The molecule has 5 aromatic carbocycles. The SMILES string of the molecule is CC=NC1=C(N)c2ccc(-c3cccc(-c4cc(-c5ccccc5)nc(-c5ccccc5)c4)c3)cc2Cc2ccccc21. The molecular formula is C40H31N3. The van der Waals surface area contributed by atoms with E-state index in [9.17, 15) is 0 Å². The minimum Gasteiger partial charge on any atom is -0.396 e. The first-order valence-corrected chi connectivity index (χ1v) is 14.6. The number of pyridine rings is 1. The summed E-state index contributed by atoms with van der Waals surface area (Å²) in [4.78, 5) is 9.73. The number of fused-ring (bicyclic) bond motifs is 2. The fourth-order valence-corrected chi connectivity index (χ4v) is 5.92. The molecule has 206 valence electrons. The lowest BCUT2D eigenvalue weighted by Crippen LogP contribution is -2.02. The van der Waals surface area contributed by atoms with Crippen LogP contribution in [0.3, 0.4) is 0 Å². The molecule has 2 N–H and O–H groups in total. The minimum absolute atomic E-state index is 0.719. The Morgan fingerprint density at radius 3 is 1.79 bits per heavy atom. The molecule has 0 amide bonds. The van der Waals surface area contributed by atoms with Gasteiger partial charge in [-0.15, -0.1) is 0 Å². The van der Waals surface area contributed by atoms with E-state index in [4.69, 9.17) is 10.7 Å². The monoisotopic (exact) mass is 553 g/mol. The first kappa shape index (κ1) is 26.4. The van der Waals surface area contributed by atoms with Crippen molar-refractivity contribution in [3.63, 3.8) is 0 Å². The molecule has 3 heteroatoms. The summed E-state index contributed by atoms with van der Waals surface area (Å²) in [7, 11) is 0. The molecule has 0 radical (unpaired) electrons. The number of benzene rings is 5. The highest BCUT2D eigenvalue weighted by atomic mass is 14.8. The predicted octanol–water partition coefficient (Wildman–Crippen LogP) is 9.53. The second-order valence-corrected chi connectivity index (χ2v) is 10.8. The van der Waals surface area contributed by atoms with Crippen LogP contribution in [0.4, 0.5) is 0 Å². The van der Waals surface area contributed by atoms with E-state index >= 15 is 0 Å². The Kier molecular flexibility index (Phi) is 6.98. The van der Waals surface area contributed by atoms with Crippen LogP contribution >= 0.6 is 0 Å². The van der Waals surface area contributed by atoms with Gasteiger partial charge in [0.05, 0.1) is 22.8 Å². The summed E-state index contributed by atoms with van der Waals surface area (Å²) in [6.45, 7) is 1.93. The van der Waals surface area contributed by atoms with Gasteiger partial charge >= 0.3 is 0 Å². The van der Waals surface area contributed by atoms with Gasteiger partial charge in [0.2, 0.25) is 0 Å². The first-order valence-electron chi connectivity index (χ1n) is 14.6. The molecule has 0 atom stereocenters. The zero-order chi connectivity index (χ0) is 29.2. The number of nitrogens with zero attached hydrogens (tertiary/aromatic N) is 2. The number of nitrogens with two attached hydrogens (primary N) is 1. The van der Waals surface area contributed by atoms with E-state index in [-0.39, 0.29) is 0 Å². The first-order chi connectivity index (χ1) is 21.2. The van der Waals surface area contributed by atoms with Crippen molar-refractivity contribution in [3.05, 3.63) is 162 Å². The van der Waals surface area contributed by atoms with Gasteiger partial charge in [-0.25, -0.2) is 4.98 Å². The number of hydrogen-bond acceptors (Lipinski definition) is 3. The highest BCUT2D eigenvalue weighted by Gasteiger charge is 2.20. The fraction of sp³-hybridized carbons (Fsp3) is 0.0500. The molecule has 7 rings (SSSR count). The van der Waals surface area contributed by atoms with Crippen molar-refractivity contribution in [2.75, 3.05) is 0 Å². The largest absolute Gasteiger partial charge is 0.396 e. The van der Waals surface area contributed by atoms with Crippen molar-refractivity contribution >= 4 is 17.6 Å². The number of hydrogen-bond donors (Lipinski definition) is 1. The van der Waals surface area contributed by atoms with E-state index in [1.807, 2.05) is 25.3 Å². The summed E-state index contributed by atoms with van der Waals surface area (Å²) < 4.78 is 0. The van der Waals surface area contributed by atoms with E-state index in [1.54, 1.807) is 0 Å². The lowest BCUT2D eigenvalue weighted by molar-refractivity contribution is 1.18. The van der Waals surface area contributed by atoms with E-state index in [0.29, 0.717) is 0 Å². The minimum atomic E-state index is 0.719. The Morgan fingerprint density at radius 1 is 0.535 bits per heavy atom. The quantitative estimate of drug-likeness (QED) is 0.216. The molecule has 0 spiro atoms. The lowest BCUT2D eigenvalue weighted by atomic mass is 9.93. The molecule has 0 fully saturated rings. The normalized spacial score (nSPS) is 12.6. The topological polar surface area (TPSA) is 51.3 Å². The van der Waals surface area contributed by atoms with Crippen LogP contribution in [-0.2, 0) is 6.42 Å². The van der Waals surface area contributed by atoms with Crippen molar-refractivity contribution in [3.8, 4) is 44.8 Å². The maximum Gasteiger partial charge on any atom is 0.0936 e. The molecule has 43 heavy (non-hydrogen) atoms. The van der Waals surface area contributed by atoms with Crippen molar-refractivity contribution in [1.82, 2.24) is 4.98 Å². The van der Waals surface area contributed by atoms with Gasteiger partial charge in [-0.2, -0.15) is 0 Å². The molecule has 1 heterocycles. The van der Waals surface area contributed by atoms with E-state index < -0.39 is 0 Å². The molecule has 0 aliphatic heterocycles. The van der Waals surface area contributed by atoms with Gasteiger partial charge < -0.3 is 5.73 Å². The molecule has 1 aromatic heterocycles. The third-order valence-corrected chi connectivity index (χ3v) is 8.06. The van der Waals surface area contributed by atoms with Crippen molar-refractivity contribution in [2.45, 2.75) is 13.3 Å². The van der Waals surface area contributed by atoms with Crippen molar-refractivity contribution in [2.24, 2.45) is 10.7 Å². The highest BCUT2D eigenvalue weighted by molar-refractivity contribution is 5.94. The Balaban J connectivity index is 1.33. The molecule has 0 unspecified atom stereocenters. The molecule has 1 aliphatic rings. The van der Waals surface area contributed by atoms with Crippen LogP contribution in [0.15, 0.2) is 145 Å². The van der Waals surface area contributed by atoms with Crippen molar-refractivity contribution < 1.29 is 0 Å². The van der Waals surface area contributed by atoms with E-state index in [0.717, 1.165) is 73.7 Å². The summed E-state index contributed by atoms with van der Waals surface area (Å²) in [5, 5.41) is 0. The highest BCUT2D eigenvalue weighted by Crippen LogP contribution is 2.37. The van der Waals surface area contributed by atoms with Gasteiger partial charge in [0.25, 0.3) is 0 Å². The van der Waals surface area contributed by atoms with Crippen LogP contribution in [0.2, 0.25) is 0 Å².